The third kappa shape index (κ3) is 6.57. The summed E-state index contributed by atoms with van der Waals surface area (Å²) in [4.78, 5) is 11.8. The van der Waals surface area contributed by atoms with Crippen LogP contribution < -0.4 is 16.0 Å². The van der Waals surface area contributed by atoms with Gasteiger partial charge in [-0.15, -0.1) is 0 Å². The van der Waals surface area contributed by atoms with Crippen molar-refractivity contribution in [2.75, 3.05) is 5.32 Å². The van der Waals surface area contributed by atoms with Gasteiger partial charge in [0.1, 0.15) is 6.17 Å². The van der Waals surface area contributed by atoms with E-state index in [1.165, 1.54) is 0 Å². The molecule has 3 N–H and O–H groups in total. The summed E-state index contributed by atoms with van der Waals surface area (Å²) in [7, 11) is 0. The third-order valence-corrected chi connectivity index (χ3v) is 3.56. The summed E-state index contributed by atoms with van der Waals surface area (Å²) in [6.45, 7) is 5.46. The Morgan fingerprint density at radius 2 is 1.86 bits per heavy atom. The highest BCUT2D eigenvalue weighted by Gasteiger charge is 2.35. The van der Waals surface area contributed by atoms with Crippen LogP contribution in [0.1, 0.15) is 19.4 Å². The molecule has 1 amide bonds. The van der Waals surface area contributed by atoms with Gasteiger partial charge in [0.15, 0.2) is 5.11 Å². The highest BCUT2D eigenvalue weighted by Crippen LogP contribution is 2.29. The molecule has 1 rings (SSSR count). The van der Waals surface area contributed by atoms with Gasteiger partial charge in [0, 0.05) is 11.6 Å². The monoisotopic (exact) mass is 381 g/mol. The fraction of sp³-hybridized carbons (Fsp3) is 0.429. The van der Waals surface area contributed by atoms with Crippen molar-refractivity contribution in [2.45, 2.75) is 30.7 Å². The molecule has 0 aliphatic rings. The number of halogens is 3. The SMILES string of the molecule is Cc1cccc(NC(=S)NC(NC(=O)C(C)C)C(Cl)(Cl)Cl)c1. The van der Waals surface area contributed by atoms with Gasteiger partial charge in [0.25, 0.3) is 0 Å². The van der Waals surface area contributed by atoms with E-state index in [1.54, 1.807) is 13.8 Å². The predicted molar refractivity (Wildman–Crippen MR) is 97.6 cm³/mol. The smallest absolute Gasteiger partial charge is 0.228 e. The van der Waals surface area contributed by atoms with Gasteiger partial charge in [0.05, 0.1) is 0 Å². The molecule has 1 atom stereocenters. The largest absolute Gasteiger partial charge is 0.339 e. The quantitative estimate of drug-likeness (QED) is 0.422. The molecular formula is C14H18Cl3N3OS. The minimum atomic E-state index is -1.75. The summed E-state index contributed by atoms with van der Waals surface area (Å²) in [6.07, 6.45) is -0.947. The van der Waals surface area contributed by atoms with E-state index in [0.717, 1.165) is 11.3 Å². The van der Waals surface area contributed by atoms with E-state index in [1.807, 2.05) is 31.2 Å². The second kappa shape index (κ2) is 8.20. The molecule has 22 heavy (non-hydrogen) atoms. The van der Waals surface area contributed by atoms with Gasteiger partial charge in [-0.25, -0.2) is 0 Å². The van der Waals surface area contributed by atoms with Crippen LogP contribution in [0.25, 0.3) is 0 Å². The highest BCUT2D eigenvalue weighted by molar-refractivity contribution is 7.80. The molecule has 0 aliphatic heterocycles. The maximum absolute atomic E-state index is 11.8. The van der Waals surface area contributed by atoms with E-state index in [9.17, 15) is 4.79 Å². The average molecular weight is 383 g/mol. The topological polar surface area (TPSA) is 53.2 Å². The third-order valence-electron chi connectivity index (χ3n) is 2.69. The number of aryl methyl sites for hydroxylation is 1. The lowest BCUT2D eigenvalue weighted by Gasteiger charge is -2.28. The first-order valence-corrected chi connectivity index (χ1v) is 8.15. The lowest BCUT2D eigenvalue weighted by atomic mass is 10.2. The standard InChI is InChI=1S/C14H18Cl3N3OS/c1-8(2)11(21)19-12(14(15,16)17)20-13(22)18-10-6-4-5-9(3)7-10/h4-8,12H,1-3H3,(H,19,21)(H2,18,20,22). The molecule has 0 saturated heterocycles. The first-order valence-electron chi connectivity index (χ1n) is 6.61. The minimum absolute atomic E-state index is 0.241. The summed E-state index contributed by atoms with van der Waals surface area (Å²) in [5, 5.41) is 8.64. The number of carbonyl (C=O) groups is 1. The molecule has 0 heterocycles. The second-order valence-electron chi connectivity index (χ2n) is 5.11. The molecule has 0 spiro atoms. The van der Waals surface area contributed by atoms with Gasteiger partial charge < -0.3 is 16.0 Å². The van der Waals surface area contributed by atoms with Crippen molar-refractivity contribution in [3.8, 4) is 0 Å². The van der Waals surface area contributed by atoms with Gasteiger partial charge in [-0.1, -0.05) is 60.8 Å². The Kier molecular flexibility index (Phi) is 7.19. The Labute approximate surface area is 150 Å². The van der Waals surface area contributed by atoms with Crippen LogP contribution in [0.5, 0.6) is 0 Å². The lowest BCUT2D eigenvalue weighted by Crippen LogP contribution is -2.56. The Morgan fingerprint density at radius 1 is 1.23 bits per heavy atom. The summed E-state index contributed by atoms with van der Waals surface area (Å²) < 4.78 is -1.75. The van der Waals surface area contributed by atoms with Gasteiger partial charge in [-0.2, -0.15) is 0 Å². The molecular weight excluding hydrogens is 365 g/mol. The number of hydrogen-bond acceptors (Lipinski definition) is 2. The summed E-state index contributed by atoms with van der Waals surface area (Å²) in [5.74, 6) is -0.489. The normalized spacial score (nSPS) is 12.7. The summed E-state index contributed by atoms with van der Waals surface area (Å²) in [6, 6.07) is 7.64. The molecule has 8 heteroatoms. The molecule has 122 valence electrons. The molecule has 1 unspecified atom stereocenters. The first-order chi connectivity index (χ1) is 10.1. The Hall–Kier alpha value is -0.750. The number of carbonyl (C=O) groups excluding carboxylic acids is 1. The lowest BCUT2D eigenvalue weighted by molar-refractivity contribution is -0.124. The van der Waals surface area contributed by atoms with Crippen LogP contribution in [0.2, 0.25) is 0 Å². The average Bonchev–Trinajstić information content (AvgIpc) is 2.36. The van der Waals surface area contributed by atoms with Crippen LogP contribution in [0.15, 0.2) is 24.3 Å². The van der Waals surface area contributed by atoms with Crippen molar-refractivity contribution < 1.29 is 4.79 Å². The van der Waals surface area contributed by atoms with Gasteiger partial charge >= 0.3 is 0 Å². The van der Waals surface area contributed by atoms with Crippen LogP contribution in [-0.4, -0.2) is 21.0 Å². The molecule has 1 aromatic rings. The second-order valence-corrected chi connectivity index (χ2v) is 7.88. The van der Waals surface area contributed by atoms with Crippen molar-refractivity contribution in [3.63, 3.8) is 0 Å². The zero-order valence-electron chi connectivity index (χ0n) is 12.4. The number of hydrogen-bond donors (Lipinski definition) is 3. The molecule has 0 aliphatic carbocycles. The maximum atomic E-state index is 11.8. The zero-order chi connectivity index (χ0) is 16.9. The minimum Gasteiger partial charge on any atom is -0.339 e. The van der Waals surface area contributed by atoms with Crippen LogP contribution in [0.3, 0.4) is 0 Å². The van der Waals surface area contributed by atoms with E-state index in [0.29, 0.717) is 0 Å². The van der Waals surface area contributed by atoms with Crippen molar-refractivity contribution in [1.82, 2.24) is 10.6 Å². The van der Waals surface area contributed by atoms with Gasteiger partial charge in [-0.3, -0.25) is 4.79 Å². The first kappa shape index (κ1) is 19.3. The molecule has 0 bridgehead atoms. The summed E-state index contributed by atoms with van der Waals surface area (Å²) >= 11 is 22.9. The molecule has 4 nitrogen and oxygen atoms in total. The van der Waals surface area contributed by atoms with E-state index >= 15 is 0 Å². The van der Waals surface area contributed by atoms with Crippen molar-refractivity contribution >= 4 is 63.7 Å². The number of amides is 1. The fourth-order valence-corrected chi connectivity index (χ4v) is 2.09. The van der Waals surface area contributed by atoms with Crippen LogP contribution in [-0.2, 0) is 4.79 Å². The molecule has 0 fully saturated rings. The molecule has 0 saturated carbocycles. The molecule has 1 aromatic carbocycles. The molecule has 0 aromatic heterocycles. The Bertz CT molecular complexity index is 546. The molecule has 0 radical (unpaired) electrons. The van der Waals surface area contributed by atoms with Gasteiger partial charge in [-0.05, 0) is 36.8 Å². The Balaban J connectivity index is 2.73. The van der Waals surface area contributed by atoms with Crippen LogP contribution >= 0.6 is 47.0 Å². The van der Waals surface area contributed by atoms with Crippen LogP contribution in [0.4, 0.5) is 5.69 Å². The number of thiocarbonyl (C=S) groups is 1. The van der Waals surface area contributed by atoms with E-state index < -0.39 is 9.96 Å². The van der Waals surface area contributed by atoms with Gasteiger partial charge in [0.2, 0.25) is 9.70 Å². The van der Waals surface area contributed by atoms with E-state index in [4.69, 9.17) is 47.0 Å². The van der Waals surface area contributed by atoms with Crippen molar-refractivity contribution in [2.24, 2.45) is 5.92 Å². The van der Waals surface area contributed by atoms with Crippen molar-refractivity contribution in [3.05, 3.63) is 29.8 Å². The number of rotatable bonds is 4. The number of alkyl halides is 3. The van der Waals surface area contributed by atoms with E-state index in [-0.39, 0.29) is 16.9 Å². The Morgan fingerprint density at radius 3 is 2.36 bits per heavy atom. The predicted octanol–water partition coefficient (Wildman–Crippen LogP) is 3.75. The number of anilines is 1. The summed E-state index contributed by atoms with van der Waals surface area (Å²) in [5.41, 5.74) is 1.88. The number of benzene rings is 1. The fourth-order valence-electron chi connectivity index (χ4n) is 1.53. The van der Waals surface area contributed by atoms with Crippen molar-refractivity contribution in [1.29, 1.82) is 0 Å². The maximum Gasteiger partial charge on any atom is 0.228 e. The van der Waals surface area contributed by atoms with Crippen LogP contribution in [0, 0.1) is 12.8 Å². The van der Waals surface area contributed by atoms with E-state index in [2.05, 4.69) is 16.0 Å². The number of nitrogens with one attached hydrogen (secondary N) is 3. The zero-order valence-corrected chi connectivity index (χ0v) is 15.5. The highest BCUT2D eigenvalue weighted by atomic mass is 35.6.